The van der Waals surface area contributed by atoms with Crippen LogP contribution in [0.3, 0.4) is 0 Å². The number of pyridine rings is 1. The molecule has 1 aliphatic heterocycles. The predicted molar refractivity (Wildman–Crippen MR) is 148 cm³/mol. The number of hydrogen-bond acceptors (Lipinski definition) is 7. The second-order valence-electron chi connectivity index (χ2n) is 9.36. The molecule has 1 aromatic carbocycles. The van der Waals surface area contributed by atoms with Gasteiger partial charge in [-0.2, -0.15) is 0 Å². The Balaban J connectivity index is 1.88. The molecule has 9 nitrogen and oxygen atoms in total. The van der Waals surface area contributed by atoms with Gasteiger partial charge in [0.15, 0.2) is 17.3 Å². The maximum absolute atomic E-state index is 13.5. The zero-order valence-electron chi connectivity index (χ0n) is 22.3. The number of carbonyl (C=O) groups is 2. The zero-order valence-corrected chi connectivity index (χ0v) is 23.9. The summed E-state index contributed by atoms with van der Waals surface area (Å²) in [4.78, 5) is 35.2. The van der Waals surface area contributed by atoms with Crippen LogP contribution < -0.4 is 4.74 Å². The van der Waals surface area contributed by atoms with Gasteiger partial charge in [0.05, 0.1) is 28.9 Å². The van der Waals surface area contributed by atoms with Crippen LogP contribution in [-0.2, 0) is 9.59 Å². The third-order valence-electron chi connectivity index (χ3n) is 7.20. The quantitative estimate of drug-likeness (QED) is 0.215. The molecule has 4 rings (SSSR count). The molecule has 10 heteroatoms. The van der Waals surface area contributed by atoms with Crippen molar-refractivity contribution >= 4 is 39.0 Å². The number of imidazole rings is 1. The highest BCUT2D eigenvalue weighted by molar-refractivity contribution is 9.10. The summed E-state index contributed by atoms with van der Waals surface area (Å²) < 4.78 is 7.53. The van der Waals surface area contributed by atoms with Crippen LogP contribution in [0.2, 0.25) is 0 Å². The maximum atomic E-state index is 13.5. The number of methoxy groups -OCH3 is 1. The summed E-state index contributed by atoms with van der Waals surface area (Å²) in [5.74, 6) is -1.70. The Morgan fingerprint density at radius 1 is 1.21 bits per heavy atom. The van der Waals surface area contributed by atoms with Crippen molar-refractivity contribution in [2.24, 2.45) is 0 Å². The van der Waals surface area contributed by atoms with E-state index >= 15 is 0 Å². The van der Waals surface area contributed by atoms with Gasteiger partial charge in [0.2, 0.25) is 0 Å². The van der Waals surface area contributed by atoms with E-state index in [-0.39, 0.29) is 28.5 Å². The predicted octanol–water partition coefficient (Wildman–Crippen LogP) is 4.58. The number of hydrogen-bond donors (Lipinski definition) is 2. The highest BCUT2D eigenvalue weighted by atomic mass is 79.9. The van der Waals surface area contributed by atoms with Crippen molar-refractivity contribution in [3.8, 4) is 11.5 Å². The lowest BCUT2D eigenvalue weighted by Crippen LogP contribution is -2.33. The number of aliphatic hydroxyl groups excluding tert-OH is 1. The smallest absolute Gasteiger partial charge is 0.295 e. The molecule has 202 valence electrons. The van der Waals surface area contributed by atoms with Gasteiger partial charge in [-0.3, -0.25) is 9.59 Å². The largest absolute Gasteiger partial charge is 0.505 e. The minimum atomic E-state index is -0.886. The minimum Gasteiger partial charge on any atom is -0.505 e. The van der Waals surface area contributed by atoms with Crippen molar-refractivity contribution in [3.05, 3.63) is 63.0 Å². The van der Waals surface area contributed by atoms with E-state index in [0.717, 1.165) is 25.2 Å². The molecule has 1 unspecified atom stereocenters. The highest BCUT2D eigenvalue weighted by Gasteiger charge is 2.46. The summed E-state index contributed by atoms with van der Waals surface area (Å²) in [7, 11) is 1.43. The Hall–Kier alpha value is -3.37. The van der Waals surface area contributed by atoms with Gasteiger partial charge in [0, 0.05) is 12.7 Å². The standard InChI is InChI=1S/C28H33BrN4O5/c1-6-31(7-2)11-9-13-33-23(18-14-19(29)24(34)20(15-18)38-5)21(26(36)28(33)37)25(35)22-17(4)32-12-8-10-16(3)27(32)30-22/h8,10,12,14-15,23,34-35H,6-7,9,11,13H2,1-5H3. The summed E-state index contributed by atoms with van der Waals surface area (Å²) in [6.45, 7) is 10.7. The number of amides is 1. The van der Waals surface area contributed by atoms with E-state index in [9.17, 15) is 19.8 Å². The van der Waals surface area contributed by atoms with E-state index in [0.29, 0.717) is 34.3 Å². The van der Waals surface area contributed by atoms with Crippen LogP contribution in [0.4, 0.5) is 0 Å². The molecular formula is C28H33BrN4O5. The Bertz CT molecular complexity index is 1430. The summed E-state index contributed by atoms with van der Waals surface area (Å²) in [6.07, 6.45) is 2.49. The number of ketones is 1. The van der Waals surface area contributed by atoms with Crippen LogP contribution in [-0.4, -0.2) is 74.4 Å². The number of aryl methyl sites for hydroxylation is 2. The Labute approximate surface area is 230 Å². The van der Waals surface area contributed by atoms with Gasteiger partial charge >= 0.3 is 0 Å². The van der Waals surface area contributed by atoms with Crippen LogP contribution in [0.5, 0.6) is 11.5 Å². The fourth-order valence-corrected chi connectivity index (χ4v) is 5.50. The summed E-state index contributed by atoms with van der Waals surface area (Å²) in [6, 6.07) is 6.14. The van der Waals surface area contributed by atoms with E-state index in [1.807, 2.05) is 36.6 Å². The van der Waals surface area contributed by atoms with Crippen LogP contribution in [0.25, 0.3) is 11.4 Å². The molecule has 0 saturated carbocycles. The van der Waals surface area contributed by atoms with Crippen LogP contribution in [0.1, 0.15) is 48.8 Å². The molecule has 2 N–H and O–H groups in total. The number of Topliss-reactive ketones (excluding diaryl/α,β-unsaturated/α-hetero) is 1. The van der Waals surface area contributed by atoms with Crippen molar-refractivity contribution in [2.45, 2.75) is 40.2 Å². The summed E-state index contributed by atoms with van der Waals surface area (Å²) in [5.41, 5.74) is 2.95. The Kier molecular flexibility index (Phi) is 8.13. The first-order valence-electron chi connectivity index (χ1n) is 12.7. The van der Waals surface area contributed by atoms with Crippen LogP contribution >= 0.6 is 15.9 Å². The van der Waals surface area contributed by atoms with Gasteiger partial charge in [0.1, 0.15) is 11.3 Å². The summed E-state index contributed by atoms with van der Waals surface area (Å²) >= 11 is 3.35. The first-order chi connectivity index (χ1) is 18.1. The number of benzene rings is 1. The van der Waals surface area contributed by atoms with Gasteiger partial charge in [-0.15, -0.1) is 0 Å². The van der Waals surface area contributed by atoms with Crippen molar-refractivity contribution in [1.82, 2.24) is 19.2 Å². The zero-order chi connectivity index (χ0) is 27.7. The molecule has 0 spiro atoms. The van der Waals surface area contributed by atoms with Gasteiger partial charge in [-0.05, 0) is 85.2 Å². The van der Waals surface area contributed by atoms with E-state index < -0.39 is 17.7 Å². The number of nitrogens with zero attached hydrogens (tertiary/aromatic N) is 4. The molecule has 1 aliphatic rings. The molecule has 0 radical (unpaired) electrons. The lowest BCUT2D eigenvalue weighted by molar-refractivity contribution is -0.140. The van der Waals surface area contributed by atoms with E-state index in [1.54, 1.807) is 12.1 Å². The van der Waals surface area contributed by atoms with E-state index in [4.69, 9.17) is 4.74 Å². The van der Waals surface area contributed by atoms with Gasteiger partial charge in [0.25, 0.3) is 11.7 Å². The topological polar surface area (TPSA) is 108 Å². The average molecular weight is 585 g/mol. The molecule has 3 heterocycles. The van der Waals surface area contributed by atoms with Crippen molar-refractivity contribution < 1.29 is 24.5 Å². The Morgan fingerprint density at radius 3 is 2.55 bits per heavy atom. The number of ether oxygens (including phenoxy) is 1. The average Bonchev–Trinajstić information content (AvgIpc) is 3.38. The van der Waals surface area contributed by atoms with Crippen molar-refractivity contribution in [1.29, 1.82) is 0 Å². The number of phenols is 1. The number of phenolic OH excluding ortho intramolecular Hbond substituents is 1. The first kappa shape index (κ1) is 27.7. The number of likely N-dealkylation sites (tertiary alicyclic amines) is 1. The van der Waals surface area contributed by atoms with Crippen LogP contribution in [0.15, 0.2) is 40.5 Å². The van der Waals surface area contributed by atoms with Gasteiger partial charge in [-0.25, -0.2) is 4.98 Å². The monoisotopic (exact) mass is 584 g/mol. The molecule has 0 aliphatic carbocycles. The number of rotatable bonds is 9. The fourth-order valence-electron chi connectivity index (χ4n) is 5.04. The van der Waals surface area contributed by atoms with E-state index in [2.05, 4.69) is 39.7 Å². The molecule has 1 fully saturated rings. The molecule has 3 aromatic rings. The maximum Gasteiger partial charge on any atom is 0.295 e. The molecule has 2 aromatic heterocycles. The van der Waals surface area contributed by atoms with Crippen molar-refractivity contribution in [2.75, 3.05) is 33.3 Å². The normalized spacial score (nSPS) is 17.2. The number of fused-ring (bicyclic) bond motifs is 1. The molecule has 1 amide bonds. The minimum absolute atomic E-state index is 0.0401. The first-order valence-corrected chi connectivity index (χ1v) is 13.5. The third-order valence-corrected chi connectivity index (χ3v) is 7.81. The molecule has 38 heavy (non-hydrogen) atoms. The van der Waals surface area contributed by atoms with Crippen molar-refractivity contribution in [3.63, 3.8) is 0 Å². The number of aromatic hydroxyl groups is 1. The second kappa shape index (κ2) is 11.2. The van der Waals surface area contributed by atoms with Gasteiger partial charge in [-0.1, -0.05) is 19.9 Å². The summed E-state index contributed by atoms with van der Waals surface area (Å²) in [5, 5.41) is 22.0. The van der Waals surface area contributed by atoms with Crippen LogP contribution in [0, 0.1) is 13.8 Å². The number of aliphatic hydroxyl groups is 1. The number of aromatic nitrogens is 2. The number of halogens is 1. The lowest BCUT2D eigenvalue weighted by Gasteiger charge is -2.27. The molecule has 1 atom stereocenters. The van der Waals surface area contributed by atoms with E-state index in [1.165, 1.54) is 12.0 Å². The highest BCUT2D eigenvalue weighted by Crippen LogP contribution is 2.44. The fraction of sp³-hybridized carbons (Fsp3) is 0.393. The lowest BCUT2D eigenvalue weighted by atomic mass is 9.96. The molecule has 0 bridgehead atoms. The third kappa shape index (κ3) is 4.78. The Morgan fingerprint density at radius 2 is 1.92 bits per heavy atom. The molecule has 1 saturated heterocycles. The molecular weight excluding hydrogens is 552 g/mol. The van der Waals surface area contributed by atoms with Gasteiger partial charge < -0.3 is 29.2 Å². The SMILES string of the molecule is CCN(CC)CCCN1C(=O)C(=O)C(=C(O)c2nc3c(C)cccn3c2C)C1c1cc(Br)c(O)c(OC)c1. The second-order valence-corrected chi connectivity index (χ2v) is 10.2. The number of carbonyl (C=O) groups excluding carboxylic acids is 2.